The predicted octanol–water partition coefficient (Wildman–Crippen LogP) is 3.60. The molecule has 0 unspecified atom stereocenters. The Morgan fingerprint density at radius 2 is 1.96 bits per heavy atom. The molecule has 28 heavy (non-hydrogen) atoms. The topological polar surface area (TPSA) is 89.8 Å². The van der Waals surface area contributed by atoms with Crippen LogP contribution in [0.3, 0.4) is 0 Å². The first-order valence-corrected chi connectivity index (χ1v) is 9.88. The molecule has 0 bridgehead atoms. The largest absolute Gasteiger partial charge is 0.326 e. The van der Waals surface area contributed by atoms with Crippen LogP contribution in [0.2, 0.25) is 0 Å². The maximum absolute atomic E-state index is 12.6. The number of hydrogen-bond acceptors (Lipinski definition) is 6. The van der Waals surface area contributed by atoms with E-state index in [-0.39, 0.29) is 17.4 Å². The molecule has 8 heteroatoms. The second-order valence-corrected chi connectivity index (χ2v) is 7.30. The van der Waals surface area contributed by atoms with Gasteiger partial charge >= 0.3 is 0 Å². The Hall–Kier alpha value is -3.00. The van der Waals surface area contributed by atoms with Gasteiger partial charge in [0.25, 0.3) is 0 Å². The number of aromatic nitrogens is 4. The Kier molecular flexibility index (Phi) is 6.20. The number of nitrogens with zero attached hydrogens (tertiary/aromatic N) is 4. The molecule has 0 radical (unpaired) electrons. The summed E-state index contributed by atoms with van der Waals surface area (Å²) in [5, 5.41) is 15.1. The van der Waals surface area contributed by atoms with E-state index in [9.17, 15) is 9.59 Å². The average molecular weight is 395 g/mol. The number of amides is 1. The number of aryl methyl sites for hydroxylation is 2. The molecular formula is C20H21N5O2S. The molecular weight excluding hydrogens is 374 g/mol. The molecule has 0 fully saturated rings. The fourth-order valence-electron chi connectivity index (χ4n) is 2.73. The van der Waals surface area contributed by atoms with Crippen molar-refractivity contribution in [1.29, 1.82) is 0 Å². The van der Waals surface area contributed by atoms with E-state index in [4.69, 9.17) is 0 Å². The van der Waals surface area contributed by atoms with Gasteiger partial charge in [0, 0.05) is 17.7 Å². The van der Waals surface area contributed by atoms with E-state index >= 15 is 0 Å². The van der Waals surface area contributed by atoms with Crippen molar-refractivity contribution in [2.24, 2.45) is 0 Å². The van der Waals surface area contributed by atoms with Gasteiger partial charge in [-0.1, -0.05) is 48.5 Å². The van der Waals surface area contributed by atoms with E-state index < -0.39 is 0 Å². The molecule has 0 aliphatic carbocycles. The third-order valence-electron chi connectivity index (χ3n) is 4.15. The smallest absolute Gasteiger partial charge is 0.224 e. The summed E-state index contributed by atoms with van der Waals surface area (Å²) in [6, 6.07) is 13.0. The van der Waals surface area contributed by atoms with Crippen LogP contribution in [0, 0.1) is 13.8 Å². The number of carbonyl (C=O) groups is 2. The molecule has 1 heterocycles. The molecule has 0 spiro atoms. The van der Waals surface area contributed by atoms with E-state index in [0.717, 1.165) is 11.1 Å². The van der Waals surface area contributed by atoms with Crippen LogP contribution < -0.4 is 5.32 Å². The van der Waals surface area contributed by atoms with Crippen LogP contribution in [0.1, 0.15) is 34.8 Å². The van der Waals surface area contributed by atoms with Crippen LogP contribution >= 0.6 is 11.8 Å². The zero-order chi connectivity index (χ0) is 20.1. The highest BCUT2D eigenvalue weighted by Gasteiger charge is 2.14. The van der Waals surface area contributed by atoms with E-state index in [0.29, 0.717) is 28.5 Å². The molecule has 144 valence electrons. The summed E-state index contributed by atoms with van der Waals surface area (Å²) < 4.78 is 1.56. The van der Waals surface area contributed by atoms with Crippen LogP contribution in [0.15, 0.2) is 47.6 Å². The van der Waals surface area contributed by atoms with Crippen molar-refractivity contribution in [3.63, 3.8) is 0 Å². The number of ketones is 1. The van der Waals surface area contributed by atoms with Gasteiger partial charge in [0.15, 0.2) is 5.78 Å². The molecule has 1 N–H and O–H groups in total. The van der Waals surface area contributed by atoms with Gasteiger partial charge in [-0.2, -0.15) is 4.68 Å². The third-order valence-corrected chi connectivity index (χ3v) is 5.07. The second-order valence-electron chi connectivity index (χ2n) is 6.36. The quantitative estimate of drug-likeness (QED) is 0.486. The second kappa shape index (κ2) is 8.79. The minimum Gasteiger partial charge on any atom is -0.326 e. The zero-order valence-corrected chi connectivity index (χ0v) is 16.8. The van der Waals surface area contributed by atoms with Crippen molar-refractivity contribution in [1.82, 2.24) is 20.2 Å². The summed E-state index contributed by atoms with van der Waals surface area (Å²) in [6.45, 7) is 5.73. The van der Waals surface area contributed by atoms with Crippen molar-refractivity contribution in [3.05, 3.63) is 59.2 Å². The van der Waals surface area contributed by atoms with Gasteiger partial charge in [0.2, 0.25) is 11.1 Å². The third kappa shape index (κ3) is 4.64. The summed E-state index contributed by atoms with van der Waals surface area (Å²) in [4.78, 5) is 24.2. The van der Waals surface area contributed by atoms with Crippen LogP contribution in [0.25, 0.3) is 5.69 Å². The van der Waals surface area contributed by atoms with Crippen LogP contribution in [-0.2, 0) is 4.79 Å². The maximum atomic E-state index is 12.6. The van der Waals surface area contributed by atoms with Crippen LogP contribution in [-0.4, -0.2) is 37.7 Å². The highest BCUT2D eigenvalue weighted by atomic mass is 32.2. The molecule has 1 amide bonds. The number of tetrazole rings is 1. The number of rotatable bonds is 7. The maximum Gasteiger partial charge on any atom is 0.224 e. The lowest BCUT2D eigenvalue weighted by Gasteiger charge is -2.08. The van der Waals surface area contributed by atoms with Gasteiger partial charge in [0.1, 0.15) is 0 Å². The van der Waals surface area contributed by atoms with Gasteiger partial charge in [-0.05, 0) is 48.0 Å². The molecule has 1 aromatic heterocycles. The van der Waals surface area contributed by atoms with E-state index in [1.54, 1.807) is 23.7 Å². The van der Waals surface area contributed by atoms with Gasteiger partial charge < -0.3 is 5.32 Å². The summed E-state index contributed by atoms with van der Waals surface area (Å²) in [5.74, 6) is 0.194. The molecule has 3 rings (SSSR count). The Labute approximate surface area is 167 Å². The lowest BCUT2D eigenvalue weighted by molar-refractivity contribution is -0.115. The number of benzene rings is 2. The number of thioether (sulfide) groups is 1. The van der Waals surface area contributed by atoms with Crippen molar-refractivity contribution in [2.45, 2.75) is 32.3 Å². The first kappa shape index (κ1) is 19.8. The van der Waals surface area contributed by atoms with E-state index in [2.05, 4.69) is 20.8 Å². The van der Waals surface area contributed by atoms with Crippen LogP contribution in [0.5, 0.6) is 0 Å². The summed E-state index contributed by atoms with van der Waals surface area (Å²) in [5.41, 5.74) is 4.18. The zero-order valence-electron chi connectivity index (χ0n) is 16.0. The van der Waals surface area contributed by atoms with Gasteiger partial charge in [-0.15, -0.1) is 5.10 Å². The van der Waals surface area contributed by atoms with Crippen molar-refractivity contribution < 1.29 is 9.59 Å². The SMILES string of the molecule is CCC(=O)Nc1cccc(-n2nnnc2SCC(=O)c2ccc(C)cc2C)c1. The highest BCUT2D eigenvalue weighted by Crippen LogP contribution is 2.22. The Morgan fingerprint density at radius 3 is 2.71 bits per heavy atom. The average Bonchev–Trinajstić information content (AvgIpc) is 3.15. The highest BCUT2D eigenvalue weighted by molar-refractivity contribution is 7.99. The Balaban J connectivity index is 1.74. The number of hydrogen-bond donors (Lipinski definition) is 1. The van der Waals surface area contributed by atoms with Gasteiger partial charge in [0.05, 0.1) is 11.4 Å². The normalized spacial score (nSPS) is 10.7. The molecule has 0 aliphatic rings. The fourth-order valence-corrected chi connectivity index (χ4v) is 3.50. The fraction of sp³-hybridized carbons (Fsp3) is 0.250. The number of carbonyl (C=O) groups excluding carboxylic acids is 2. The molecule has 0 atom stereocenters. The lowest BCUT2D eigenvalue weighted by Crippen LogP contribution is -2.10. The number of nitrogens with one attached hydrogen (secondary N) is 1. The minimum absolute atomic E-state index is 0.0287. The molecule has 7 nitrogen and oxygen atoms in total. The van der Waals surface area contributed by atoms with Crippen molar-refractivity contribution >= 4 is 29.1 Å². The predicted molar refractivity (Wildman–Crippen MR) is 109 cm³/mol. The molecule has 0 saturated heterocycles. The summed E-state index contributed by atoms with van der Waals surface area (Å²) in [7, 11) is 0. The first-order valence-electron chi connectivity index (χ1n) is 8.90. The molecule has 0 saturated carbocycles. The van der Waals surface area contributed by atoms with E-state index in [1.165, 1.54) is 11.8 Å². The Morgan fingerprint density at radius 1 is 1.14 bits per heavy atom. The Bertz CT molecular complexity index is 1020. The monoisotopic (exact) mass is 395 g/mol. The summed E-state index contributed by atoms with van der Waals surface area (Å²) >= 11 is 1.28. The van der Waals surface area contributed by atoms with Crippen molar-refractivity contribution in [3.8, 4) is 5.69 Å². The van der Waals surface area contributed by atoms with Crippen molar-refractivity contribution in [2.75, 3.05) is 11.1 Å². The van der Waals surface area contributed by atoms with Gasteiger partial charge in [-0.25, -0.2) is 0 Å². The summed E-state index contributed by atoms with van der Waals surface area (Å²) in [6.07, 6.45) is 0.400. The van der Waals surface area contributed by atoms with Gasteiger partial charge in [-0.3, -0.25) is 9.59 Å². The lowest BCUT2D eigenvalue weighted by atomic mass is 10.0. The van der Waals surface area contributed by atoms with E-state index in [1.807, 2.05) is 44.2 Å². The molecule has 3 aromatic rings. The first-order chi connectivity index (χ1) is 13.5. The minimum atomic E-state index is -0.0671. The standard InChI is InChI=1S/C20H21N5O2S/c1-4-19(27)21-15-6-5-7-16(11-15)25-20(22-23-24-25)28-12-18(26)17-9-8-13(2)10-14(17)3/h5-11H,4,12H2,1-3H3,(H,21,27). The number of Topliss-reactive ketones (excluding diaryl/α,β-unsaturated/α-hetero) is 1. The molecule has 2 aromatic carbocycles. The number of anilines is 1. The molecule has 0 aliphatic heterocycles. The van der Waals surface area contributed by atoms with Crippen LogP contribution in [0.4, 0.5) is 5.69 Å².